The molecular formula is C13H20N2O. The van der Waals surface area contributed by atoms with Gasteiger partial charge in [0, 0.05) is 25.5 Å². The molecule has 1 unspecified atom stereocenters. The summed E-state index contributed by atoms with van der Waals surface area (Å²) in [7, 11) is 0. The summed E-state index contributed by atoms with van der Waals surface area (Å²) < 4.78 is 5.68. The highest BCUT2D eigenvalue weighted by atomic mass is 16.5. The zero-order chi connectivity index (χ0) is 11.1. The summed E-state index contributed by atoms with van der Waals surface area (Å²) in [6, 6.07) is 4.09. The molecule has 0 amide bonds. The monoisotopic (exact) mass is 220 g/mol. The van der Waals surface area contributed by atoms with Crippen molar-refractivity contribution in [2.45, 2.75) is 38.3 Å². The predicted molar refractivity (Wildman–Crippen MR) is 64.2 cm³/mol. The van der Waals surface area contributed by atoms with Gasteiger partial charge in [-0.05, 0) is 49.9 Å². The second-order valence-electron chi connectivity index (χ2n) is 4.31. The van der Waals surface area contributed by atoms with E-state index in [2.05, 4.69) is 10.3 Å². The average Bonchev–Trinajstić information content (AvgIpc) is 2.37. The van der Waals surface area contributed by atoms with Crippen molar-refractivity contribution >= 4 is 0 Å². The predicted octanol–water partition coefficient (Wildman–Crippen LogP) is 2.13. The van der Waals surface area contributed by atoms with Crippen molar-refractivity contribution in [2.24, 2.45) is 0 Å². The molecule has 0 aliphatic carbocycles. The van der Waals surface area contributed by atoms with Crippen molar-refractivity contribution in [1.82, 2.24) is 10.3 Å². The zero-order valence-electron chi connectivity index (χ0n) is 9.69. The molecular weight excluding hydrogens is 200 g/mol. The van der Waals surface area contributed by atoms with Crippen molar-refractivity contribution in [3.63, 3.8) is 0 Å². The molecule has 0 saturated carbocycles. The van der Waals surface area contributed by atoms with Crippen LogP contribution in [0.2, 0.25) is 0 Å². The first-order valence-electron chi connectivity index (χ1n) is 6.16. The van der Waals surface area contributed by atoms with Crippen LogP contribution in [0.5, 0.6) is 0 Å². The van der Waals surface area contributed by atoms with Gasteiger partial charge in [-0.2, -0.15) is 0 Å². The summed E-state index contributed by atoms with van der Waals surface area (Å²) >= 11 is 0. The minimum atomic E-state index is 0.485. The highest BCUT2D eigenvalue weighted by Crippen LogP contribution is 2.14. The Morgan fingerprint density at radius 3 is 2.94 bits per heavy atom. The first-order valence-corrected chi connectivity index (χ1v) is 6.16. The van der Waals surface area contributed by atoms with Gasteiger partial charge in [0.1, 0.15) is 0 Å². The average molecular weight is 220 g/mol. The lowest BCUT2D eigenvalue weighted by Gasteiger charge is -2.22. The fraction of sp³-hybridized carbons (Fsp3) is 0.615. The molecule has 2 rings (SSSR count). The van der Waals surface area contributed by atoms with Crippen molar-refractivity contribution in [3.05, 3.63) is 30.1 Å². The summed E-state index contributed by atoms with van der Waals surface area (Å²) in [6.07, 6.45) is 9.08. The van der Waals surface area contributed by atoms with Crippen LogP contribution in [0.15, 0.2) is 24.5 Å². The van der Waals surface area contributed by atoms with E-state index in [0.29, 0.717) is 6.10 Å². The fourth-order valence-corrected chi connectivity index (χ4v) is 2.03. The Labute approximate surface area is 97.2 Å². The molecule has 16 heavy (non-hydrogen) atoms. The largest absolute Gasteiger partial charge is 0.378 e. The molecule has 1 saturated heterocycles. The summed E-state index contributed by atoms with van der Waals surface area (Å²) in [5.41, 5.74) is 1.29. The lowest BCUT2D eigenvalue weighted by Crippen LogP contribution is -2.25. The quantitative estimate of drug-likeness (QED) is 0.772. The van der Waals surface area contributed by atoms with Gasteiger partial charge < -0.3 is 10.1 Å². The van der Waals surface area contributed by atoms with Gasteiger partial charge in [0.15, 0.2) is 0 Å². The van der Waals surface area contributed by atoms with Gasteiger partial charge in [-0.15, -0.1) is 0 Å². The van der Waals surface area contributed by atoms with Crippen molar-refractivity contribution in [3.8, 4) is 0 Å². The molecule has 1 atom stereocenters. The third kappa shape index (κ3) is 3.91. The van der Waals surface area contributed by atoms with E-state index in [4.69, 9.17) is 4.74 Å². The summed E-state index contributed by atoms with van der Waals surface area (Å²) in [6.45, 7) is 2.91. The van der Waals surface area contributed by atoms with E-state index >= 15 is 0 Å². The maximum atomic E-state index is 5.68. The van der Waals surface area contributed by atoms with Crippen molar-refractivity contribution in [2.75, 3.05) is 13.2 Å². The number of pyridine rings is 1. The van der Waals surface area contributed by atoms with Gasteiger partial charge in [0.2, 0.25) is 0 Å². The molecule has 1 fully saturated rings. The van der Waals surface area contributed by atoms with Crippen molar-refractivity contribution in [1.29, 1.82) is 0 Å². The Balaban J connectivity index is 1.58. The van der Waals surface area contributed by atoms with Gasteiger partial charge in [0.25, 0.3) is 0 Å². The molecule has 1 aliphatic heterocycles. The second kappa shape index (κ2) is 6.61. The Bertz CT molecular complexity index is 283. The minimum absolute atomic E-state index is 0.485. The number of nitrogens with one attached hydrogen (secondary N) is 1. The first kappa shape index (κ1) is 11.6. The molecule has 88 valence electrons. The van der Waals surface area contributed by atoms with E-state index in [1.54, 1.807) is 0 Å². The van der Waals surface area contributed by atoms with E-state index in [1.807, 2.05) is 24.5 Å². The lowest BCUT2D eigenvalue weighted by atomic mass is 10.1. The normalized spacial score (nSPS) is 20.9. The van der Waals surface area contributed by atoms with E-state index in [1.165, 1.54) is 24.8 Å². The molecule has 0 spiro atoms. The van der Waals surface area contributed by atoms with Crippen LogP contribution in [0, 0.1) is 0 Å². The maximum Gasteiger partial charge on any atom is 0.0587 e. The van der Waals surface area contributed by atoms with Crippen molar-refractivity contribution < 1.29 is 4.74 Å². The fourth-order valence-electron chi connectivity index (χ4n) is 2.03. The van der Waals surface area contributed by atoms with E-state index in [0.717, 1.165) is 26.1 Å². The minimum Gasteiger partial charge on any atom is -0.378 e. The number of aromatic nitrogens is 1. The van der Waals surface area contributed by atoms with E-state index in [9.17, 15) is 0 Å². The Morgan fingerprint density at radius 1 is 1.31 bits per heavy atom. The molecule has 2 heterocycles. The molecule has 3 heteroatoms. The Kier molecular flexibility index (Phi) is 4.77. The smallest absolute Gasteiger partial charge is 0.0587 e. The second-order valence-corrected chi connectivity index (χ2v) is 4.31. The van der Waals surface area contributed by atoms with Crippen LogP contribution in [0.1, 0.15) is 31.2 Å². The van der Waals surface area contributed by atoms with Crippen LogP contribution >= 0.6 is 0 Å². The van der Waals surface area contributed by atoms with Crippen LogP contribution in [-0.4, -0.2) is 24.2 Å². The van der Waals surface area contributed by atoms with Crippen LogP contribution in [0.3, 0.4) is 0 Å². The number of rotatable bonds is 5. The van der Waals surface area contributed by atoms with Crippen LogP contribution in [0.25, 0.3) is 0 Å². The highest BCUT2D eigenvalue weighted by molar-refractivity contribution is 5.08. The first-order chi connectivity index (χ1) is 7.95. The molecule has 0 radical (unpaired) electrons. The number of nitrogens with zero attached hydrogens (tertiary/aromatic N) is 1. The number of hydrogen-bond acceptors (Lipinski definition) is 3. The Morgan fingerprint density at radius 2 is 2.19 bits per heavy atom. The standard InChI is InChI=1S/C13H20N2O/c1-2-10-16-13(3-1)6-9-15-11-12-4-7-14-8-5-12/h4-5,7-8,13,15H,1-3,6,9-11H2. The van der Waals surface area contributed by atoms with Crippen LogP contribution < -0.4 is 5.32 Å². The number of hydrogen-bond donors (Lipinski definition) is 1. The summed E-state index contributed by atoms with van der Waals surface area (Å²) in [4.78, 5) is 4.00. The molecule has 1 N–H and O–H groups in total. The van der Waals surface area contributed by atoms with Gasteiger partial charge in [0.05, 0.1) is 6.10 Å². The van der Waals surface area contributed by atoms with Gasteiger partial charge >= 0.3 is 0 Å². The molecule has 0 bridgehead atoms. The molecule has 1 aromatic rings. The maximum absolute atomic E-state index is 5.68. The van der Waals surface area contributed by atoms with Crippen LogP contribution in [-0.2, 0) is 11.3 Å². The lowest BCUT2D eigenvalue weighted by molar-refractivity contribution is 0.0115. The van der Waals surface area contributed by atoms with Gasteiger partial charge in [-0.25, -0.2) is 0 Å². The molecule has 1 aliphatic rings. The Hall–Kier alpha value is -0.930. The third-order valence-electron chi connectivity index (χ3n) is 3.00. The topological polar surface area (TPSA) is 34.1 Å². The SMILES string of the molecule is c1cc(CNCCC2CCCCO2)ccn1. The van der Waals surface area contributed by atoms with Gasteiger partial charge in [-0.1, -0.05) is 0 Å². The molecule has 1 aromatic heterocycles. The summed E-state index contributed by atoms with van der Waals surface area (Å²) in [5.74, 6) is 0. The van der Waals surface area contributed by atoms with E-state index < -0.39 is 0 Å². The molecule has 3 nitrogen and oxygen atoms in total. The third-order valence-corrected chi connectivity index (χ3v) is 3.00. The molecule has 0 aromatic carbocycles. The van der Waals surface area contributed by atoms with E-state index in [-0.39, 0.29) is 0 Å². The number of ether oxygens (including phenoxy) is 1. The van der Waals surface area contributed by atoms with Crippen LogP contribution in [0.4, 0.5) is 0 Å². The zero-order valence-corrected chi connectivity index (χ0v) is 9.69. The highest BCUT2D eigenvalue weighted by Gasteiger charge is 2.12. The summed E-state index contributed by atoms with van der Waals surface area (Å²) in [5, 5.41) is 3.44. The van der Waals surface area contributed by atoms with Gasteiger partial charge in [-0.3, -0.25) is 4.98 Å².